The van der Waals surface area contributed by atoms with Crippen LogP contribution in [-0.2, 0) is 15.4 Å². The van der Waals surface area contributed by atoms with Gasteiger partial charge in [0.25, 0.3) is 11.8 Å². The number of rotatable bonds is 6. The van der Waals surface area contributed by atoms with E-state index in [0.29, 0.717) is 30.0 Å². The summed E-state index contributed by atoms with van der Waals surface area (Å²) in [5, 5.41) is 5.72. The lowest BCUT2D eigenvalue weighted by molar-refractivity contribution is 0.101. The van der Waals surface area contributed by atoms with E-state index in [1.807, 2.05) is 12.1 Å². The van der Waals surface area contributed by atoms with Crippen LogP contribution in [0.3, 0.4) is 0 Å². The summed E-state index contributed by atoms with van der Waals surface area (Å²) in [6.45, 7) is 7.25. The highest BCUT2D eigenvalue weighted by Gasteiger charge is 2.28. The van der Waals surface area contributed by atoms with Crippen LogP contribution in [-0.4, -0.2) is 37.6 Å². The molecule has 1 aliphatic heterocycles. The van der Waals surface area contributed by atoms with Gasteiger partial charge in [-0.3, -0.25) is 9.59 Å². The third kappa shape index (κ3) is 6.21. The van der Waals surface area contributed by atoms with Crippen molar-refractivity contribution >= 4 is 44.8 Å². The first-order valence-corrected chi connectivity index (χ1v) is 13.9. The number of carbonyl (C=O) groups is 2. The maximum Gasteiger partial charge on any atom is 0.257 e. The largest absolute Gasteiger partial charge is 0.322 e. The maximum absolute atomic E-state index is 13.0. The number of anilines is 2. The fourth-order valence-corrected chi connectivity index (χ4v) is 5.86. The lowest BCUT2D eigenvalue weighted by Crippen LogP contribution is -2.28. The molecule has 7 nitrogen and oxygen atoms in total. The van der Waals surface area contributed by atoms with Crippen LogP contribution in [0.1, 0.15) is 59.9 Å². The molecule has 0 radical (unpaired) electrons. The summed E-state index contributed by atoms with van der Waals surface area (Å²) in [6.07, 6.45) is 1.63. The second kappa shape index (κ2) is 10.7. The first-order chi connectivity index (χ1) is 17.4. The molecule has 1 heterocycles. The van der Waals surface area contributed by atoms with Crippen molar-refractivity contribution in [2.75, 3.05) is 23.7 Å². The van der Waals surface area contributed by atoms with Gasteiger partial charge in [-0.2, -0.15) is 4.31 Å². The van der Waals surface area contributed by atoms with Crippen LogP contribution in [0.4, 0.5) is 11.4 Å². The van der Waals surface area contributed by atoms with Gasteiger partial charge in [0, 0.05) is 30.0 Å². The Morgan fingerprint density at radius 3 is 2.03 bits per heavy atom. The van der Waals surface area contributed by atoms with E-state index in [1.165, 1.54) is 22.5 Å². The number of hydrogen-bond acceptors (Lipinski definition) is 4. The Kier molecular flexibility index (Phi) is 7.73. The first-order valence-electron chi connectivity index (χ1n) is 12.1. The van der Waals surface area contributed by atoms with E-state index in [9.17, 15) is 18.0 Å². The van der Waals surface area contributed by atoms with E-state index in [4.69, 9.17) is 11.6 Å². The van der Waals surface area contributed by atoms with Gasteiger partial charge in [-0.1, -0.05) is 50.6 Å². The molecule has 1 saturated heterocycles. The van der Waals surface area contributed by atoms with Crippen molar-refractivity contribution < 1.29 is 18.0 Å². The standard InChI is InChI=1S/C28H30ClN3O4S/c1-28(2,3)20-11-9-19(10-12-20)26(33)30-21-7-6-8-22(17-21)31-27(34)24-18-23(13-14-25(24)29)37(35,36)32-15-4-5-16-32/h6-14,17-18H,4-5,15-16H2,1-3H3,(H,30,33)(H,31,34). The monoisotopic (exact) mass is 539 g/mol. The van der Waals surface area contributed by atoms with Crippen molar-refractivity contribution in [3.8, 4) is 0 Å². The van der Waals surface area contributed by atoms with Gasteiger partial charge in [0.2, 0.25) is 10.0 Å². The molecule has 0 bridgehead atoms. The summed E-state index contributed by atoms with van der Waals surface area (Å²) in [5.41, 5.74) is 2.61. The molecule has 4 rings (SSSR count). The topological polar surface area (TPSA) is 95.6 Å². The Hall–Kier alpha value is -3.20. The molecule has 0 aliphatic carbocycles. The zero-order valence-corrected chi connectivity index (χ0v) is 22.6. The summed E-state index contributed by atoms with van der Waals surface area (Å²) in [4.78, 5) is 25.8. The minimum absolute atomic E-state index is 0.0116. The SMILES string of the molecule is CC(C)(C)c1ccc(C(=O)Nc2cccc(NC(=O)c3cc(S(=O)(=O)N4CCCC4)ccc3Cl)c2)cc1. The van der Waals surface area contributed by atoms with Gasteiger partial charge in [0.15, 0.2) is 0 Å². The molecule has 2 amide bonds. The highest BCUT2D eigenvalue weighted by Crippen LogP contribution is 2.27. The number of benzene rings is 3. The summed E-state index contributed by atoms with van der Waals surface area (Å²) in [5.74, 6) is -0.823. The zero-order valence-electron chi connectivity index (χ0n) is 21.0. The molecule has 37 heavy (non-hydrogen) atoms. The van der Waals surface area contributed by atoms with E-state index in [0.717, 1.165) is 18.4 Å². The average Bonchev–Trinajstić information content (AvgIpc) is 3.40. The smallest absolute Gasteiger partial charge is 0.257 e. The van der Waals surface area contributed by atoms with Gasteiger partial charge >= 0.3 is 0 Å². The average molecular weight is 540 g/mol. The van der Waals surface area contributed by atoms with Crippen LogP contribution in [0, 0.1) is 0 Å². The molecule has 1 fully saturated rings. The normalized spacial score (nSPS) is 14.4. The van der Waals surface area contributed by atoms with Crippen LogP contribution >= 0.6 is 11.6 Å². The van der Waals surface area contributed by atoms with Crippen molar-refractivity contribution in [3.05, 3.63) is 88.4 Å². The van der Waals surface area contributed by atoms with E-state index < -0.39 is 15.9 Å². The summed E-state index contributed by atoms with van der Waals surface area (Å²) < 4.78 is 27.3. The van der Waals surface area contributed by atoms with Crippen LogP contribution in [0.2, 0.25) is 5.02 Å². The summed E-state index contributed by atoms with van der Waals surface area (Å²) in [7, 11) is -3.69. The molecule has 9 heteroatoms. The molecule has 3 aromatic carbocycles. The molecule has 1 aliphatic rings. The number of hydrogen-bond donors (Lipinski definition) is 2. The summed E-state index contributed by atoms with van der Waals surface area (Å²) in [6, 6.07) is 18.3. The van der Waals surface area contributed by atoms with Crippen molar-refractivity contribution in [2.24, 2.45) is 0 Å². The quantitative estimate of drug-likeness (QED) is 0.406. The second-order valence-electron chi connectivity index (χ2n) is 10.1. The zero-order chi connectivity index (χ0) is 26.8. The predicted molar refractivity (Wildman–Crippen MR) is 147 cm³/mol. The third-order valence-electron chi connectivity index (χ3n) is 6.28. The molecular weight excluding hydrogens is 510 g/mol. The predicted octanol–water partition coefficient (Wildman–Crippen LogP) is 5.93. The Bertz CT molecular complexity index is 1420. The molecular formula is C28H30ClN3O4S. The van der Waals surface area contributed by atoms with Gasteiger partial charge in [-0.15, -0.1) is 0 Å². The number of amides is 2. The second-order valence-corrected chi connectivity index (χ2v) is 12.4. The van der Waals surface area contributed by atoms with Gasteiger partial charge in [-0.25, -0.2) is 8.42 Å². The minimum atomic E-state index is -3.69. The molecule has 0 atom stereocenters. The first kappa shape index (κ1) is 26.9. The van der Waals surface area contributed by atoms with E-state index in [2.05, 4.69) is 31.4 Å². The summed E-state index contributed by atoms with van der Waals surface area (Å²) >= 11 is 6.25. The maximum atomic E-state index is 13.0. The van der Waals surface area contributed by atoms with Gasteiger partial charge in [0.05, 0.1) is 15.5 Å². The Labute approximate surface area is 222 Å². The fourth-order valence-electron chi connectivity index (χ4n) is 4.11. The molecule has 0 saturated carbocycles. The molecule has 3 aromatic rings. The minimum Gasteiger partial charge on any atom is -0.322 e. The fraction of sp³-hybridized carbons (Fsp3) is 0.286. The molecule has 0 aromatic heterocycles. The van der Waals surface area contributed by atoms with Crippen molar-refractivity contribution in [1.82, 2.24) is 4.31 Å². The number of carbonyl (C=O) groups excluding carboxylic acids is 2. The molecule has 2 N–H and O–H groups in total. The third-order valence-corrected chi connectivity index (χ3v) is 8.50. The lowest BCUT2D eigenvalue weighted by Gasteiger charge is -2.19. The van der Waals surface area contributed by atoms with E-state index >= 15 is 0 Å². The lowest BCUT2D eigenvalue weighted by atomic mass is 9.87. The number of sulfonamides is 1. The Balaban J connectivity index is 1.48. The molecule has 194 valence electrons. The van der Waals surface area contributed by atoms with E-state index in [-0.39, 0.29) is 26.8 Å². The molecule has 0 spiro atoms. The van der Waals surface area contributed by atoms with Crippen LogP contribution < -0.4 is 10.6 Å². The van der Waals surface area contributed by atoms with Gasteiger partial charge in [-0.05, 0) is 72.4 Å². The Morgan fingerprint density at radius 1 is 0.838 bits per heavy atom. The van der Waals surface area contributed by atoms with Crippen molar-refractivity contribution in [3.63, 3.8) is 0 Å². The number of nitrogens with one attached hydrogen (secondary N) is 2. The van der Waals surface area contributed by atoms with Crippen molar-refractivity contribution in [2.45, 2.75) is 43.9 Å². The van der Waals surface area contributed by atoms with Crippen LogP contribution in [0.15, 0.2) is 71.6 Å². The molecule has 0 unspecified atom stereocenters. The van der Waals surface area contributed by atoms with Gasteiger partial charge < -0.3 is 10.6 Å². The van der Waals surface area contributed by atoms with E-state index in [1.54, 1.807) is 36.4 Å². The highest BCUT2D eigenvalue weighted by atomic mass is 35.5. The number of nitrogens with zero attached hydrogens (tertiary/aromatic N) is 1. The van der Waals surface area contributed by atoms with Crippen LogP contribution in [0.25, 0.3) is 0 Å². The highest BCUT2D eigenvalue weighted by molar-refractivity contribution is 7.89. The van der Waals surface area contributed by atoms with Crippen molar-refractivity contribution in [1.29, 1.82) is 0 Å². The number of halogens is 1. The Morgan fingerprint density at radius 2 is 1.43 bits per heavy atom. The van der Waals surface area contributed by atoms with Gasteiger partial charge in [0.1, 0.15) is 0 Å². The van der Waals surface area contributed by atoms with Crippen LogP contribution in [0.5, 0.6) is 0 Å².